The molecule has 1 saturated heterocycles. The molecule has 1 amide bonds. The summed E-state index contributed by atoms with van der Waals surface area (Å²) in [6, 6.07) is 13.8. The lowest BCUT2D eigenvalue weighted by Crippen LogP contribution is -2.54. The minimum atomic E-state index is -0.597. The summed E-state index contributed by atoms with van der Waals surface area (Å²) in [5.41, 5.74) is 4.99. The molecule has 1 aromatic heterocycles. The van der Waals surface area contributed by atoms with Crippen molar-refractivity contribution in [1.82, 2.24) is 14.7 Å². The van der Waals surface area contributed by atoms with E-state index in [0.717, 1.165) is 29.7 Å². The van der Waals surface area contributed by atoms with Crippen LogP contribution in [0.2, 0.25) is 0 Å². The molecule has 0 radical (unpaired) electrons. The van der Waals surface area contributed by atoms with Crippen molar-refractivity contribution in [2.75, 3.05) is 19.9 Å². The predicted molar refractivity (Wildman–Crippen MR) is 119 cm³/mol. The number of amides is 1. The number of ether oxygens (including phenoxy) is 2. The van der Waals surface area contributed by atoms with Gasteiger partial charge in [0.15, 0.2) is 6.73 Å². The van der Waals surface area contributed by atoms with Crippen molar-refractivity contribution < 1.29 is 19.4 Å². The van der Waals surface area contributed by atoms with E-state index in [-0.39, 0.29) is 18.7 Å². The topological polar surface area (TPSA) is 76.8 Å². The van der Waals surface area contributed by atoms with Crippen LogP contribution in [0.5, 0.6) is 5.75 Å². The minimum absolute atomic E-state index is 0.112. The van der Waals surface area contributed by atoms with E-state index < -0.39 is 6.10 Å². The van der Waals surface area contributed by atoms with Crippen LogP contribution in [0, 0.1) is 0 Å². The molecule has 7 nitrogen and oxygen atoms in total. The Morgan fingerprint density at radius 3 is 2.75 bits per heavy atom. The van der Waals surface area contributed by atoms with Gasteiger partial charge in [0.1, 0.15) is 5.75 Å². The highest BCUT2D eigenvalue weighted by molar-refractivity contribution is 5.98. The summed E-state index contributed by atoms with van der Waals surface area (Å²) in [6.45, 7) is 3.08. The van der Waals surface area contributed by atoms with Crippen molar-refractivity contribution in [2.24, 2.45) is 0 Å². The number of aliphatic hydroxyl groups is 1. The number of fused-ring (bicyclic) bond motifs is 1. The largest absolute Gasteiger partial charge is 0.472 e. The quantitative estimate of drug-likeness (QED) is 0.670. The average Bonchev–Trinajstić information content (AvgIpc) is 3.35. The maximum Gasteiger partial charge on any atom is 0.260 e. The minimum Gasteiger partial charge on any atom is -0.472 e. The van der Waals surface area contributed by atoms with Gasteiger partial charge in [0.2, 0.25) is 0 Å². The zero-order valence-corrected chi connectivity index (χ0v) is 18.1. The molecule has 0 spiro atoms. The third-order valence-corrected chi connectivity index (χ3v) is 6.32. The molecule has 7 heteroatoms. The van der Waals surface area contributed by atoms with Crippen LogP contribution in [0.4, 0.5) is 0 Å². The SMILES string of the molecule is CCc1cc2c(cc1Cc1ccc(-n3cccn3)cc1)C(=O)N([C@H]1COCC[C@@H]1O)CO2. The van der Waals surface area contributed by atoms with Gasteiger partial charge in [0.25, 0.3) is 5.91 Å². The maximum absolute atomic E-state index is 13.3. The molecule has 2 atom stereocenters. The molecule has 2 aromatic carbocycles. The Hall–Kier alpha value is -3.16. The van der Waals surface area contributed by atoms with E-state index in [1.54, 1.807) is 11.1 Å². The molecular weight excluding hydrogens is 406 g/mol. The number of carbonyl (C=O) groups is 1. The molecule has 3 aromatic rings. The van der Waals surface area contributed by atoms with Crippen LogP contribution >= 0.6 is 0 Å². The van der Waals surface area contributed by atoms with Gasteiger partial charge >= 0.3 is 0 Å². The van der Waals surface area contributed by atoms with E-state index in [9.17, 15) is 9.90 Å². The fourth-order valence-corrected chi connectivity index (χ4v) is 4.46. The summed E-state index contributed by atoms with van der Waals surface area (Å²) in [5.74, 6) is 0.505. The van der Waals surface area contributed by atoms with Gasteiger partial charge in [0.05, 0.1) is 30.0 Å². The first-order chi connectivity index (χ1) is 15.6. The summed E-state index contributed by atoms with van der Waals surface area (Å²) in [6.07, 6.45) is 5.17. The highest BCUT2D eigenvalue weighted by atomic mass is 16.5. The number of hydrogen-bond acceptors (Lipinski definition) is 5. The third-order valence-electron chi connectivity index (χ3n) is 6.32. The molecule has 166 valence electrons. The Labute approximate surface area is 187 Å². The molecule has 2 aliphatic rings. The van der Waals surface area contributed by atoms with Gasteiger partial charge in [-0.05, 0) is 66.3 Å². The van der Waals surface area contributed by atoms with Crippen LogP contribution < -0.4 is 4.74 Å². The second-order valence-corrected chi connectivity index (χ2v) is 8.31. The molecule has 0 unspecified atom stereocenters. The van der Waals surface area contributed by atoms with Crippen molar-refractivity contribution in [3.63, 3.8) is 0 Å². The molecule has 0 saturated carbocycles. The first-order valence-corrected chi connectivity index (χ1v) is 11.1. The molecule has 0 aliphatic carbocycles. The lowest BCUT2D eigenvalue weighted by Gasteiger charge is -2.39. The summed E-state index contributed by atoms with van der Waals surface area (Å²) in [7, 11) is 0. The van der Waals surface area contributed by atoms with Gasteiger partial charge in [0, 0.05) is 19.0 Å². The predicted octanol–water partition coefficient (Wildman–Crippen LogP) is 2.97. The highest BCUT2D eigenvalue weighted by Gasteiger charge is 2.37. The summed E-state index contributed by atoms with van der Waals surface area (Å²) in [4.78, 5) is 14.9. The molecule has 1 N–H and O–H groups in total. The Balaban J connectivity index is 1.41. The molecule has 2 aliphatic heterocycles. The number of aromatic nitrogens is 2. The molecule has 1 fully saturated rings. The van der Waals surface area contributed by atoms with Crippen LogP contribution in [-0.2, 0) is 17.6 Å². The van der Waals surface area contributed by atoms with E-state index in [2.05, 4.69) is 24.2 Å². The number of rotatable bonds is 5. The summed E-state index contributed by atoms with van der Waals surface area (Å²) < 4.78 is 13.3. The Morgan fingerprint density at radius 2 is 2.03 bits per heavy atom. The number of aryl methyl sites for hydroxylation is 1. The second-order valence-electron chi connectivity index (χ2n) is 8.31. The molecule has 32 heavy (non-hydrogen) atoms. The molecule has 3 heterocycles. The normalized spacial score (nSPS) is 20.7. The Morgan fingerprint density at radius 1 is 1.19 bits per heavy atom. The summed E-state index contributed by atoms with van der Waals surface area (Å²) >= 11 is 0. The molecule has 5 rings (SSSR count). The monoisotopic (exact) mass is 433 g/mol. The van der Waals surface area contributed by atoms with Crippen molar-refractivity contribution in [1.29, 1.82) is 0 Å². The lowest BCUT2D eigenvalue weighted by molar-refractivity contribution is -0.0696. The standard InChI is InChI=1S/C25H27N3O4/c1-2-18-14-24-21(25(30)27(16-32-24)22-15-31-11-8-23(22)29)13-19(18)12-17-4-6-20(7-5-17)28-10-3-9-26-28/h3-7,9-10,13-14,22-23,29H,2,8,11-12,15-16H2,1H3/t22-,23-/m0/s1. The van der Waals surface area contributed by atoms with Crippen molar-refractivity contribution >= 4 is 5.91 Å². The number of aliphatic hydroxyl groups excluding tert-OH is 1. The smallest absolute Gasteiger partial charge is 0.260 e. The van der Waals surface area contributed by atoms with Crippen LogP contribution in [0.1, 0.15) is 40.4 Å². The van der Waals surface area contributed by atoms with Gasteiger partial charge in [-0.3, -0.25) is 9.69 Å². The van der Waals surface area contributed by atoms with Crippen LogP contribution in [0.15, 0.2) is 54.9 Å². The first kappa shape index (κ1) is 20.7. The second kappa shape index (κ2) is 8.76. The van der Waals surface area contributed by atoms with E-state index >= 15 is 0 Å². The Bertz CT molecular complexity index is 1100. The first-order valence-electron chi connectivity index (χ1n) is 11.1. The zero-order valence-electron chi connectivity index (χ0n) is 18.1. The van der Waals surface area contributed by atoms with Crippen molar-refractivity contribution in [3.05, 3.63) is 77.1 Å². The number of benzene rings is 2. The third kappa shape index (κ3) is 3.89. The van der Waals surface area contributed by atoms with Gasteiger partial charge in [-0.25, -0.2) is 4.68 Å². The molecular formula is C25H27N3O4. The molecule has 0 bridgehead atoms. The van der Waals surface area contributed by atoms with Crippen molar-refractivity contribution in [3.8, 4) is 11.4 Å². The lowest BCUT2D eigenvalue weighted by atomic mass is 9.94. The highest BCUT2D eigenvalue weighted by Crippen LogP contribution is 2.32. The van der Waals surface area contributed by atoms with Crippen LogP contribution in [-0.4, -0.2) is 57.8 Å². The van der Waals surface area contributed by atoms with Crippen LogP contribution in [0.25, 0.3) is 5.69 Å². The maximum atomic E-state index is 13.3. The van der Waals surface area contributed by atoms with Crippen LogP contribution in [0.3, 0.4) is 0 Å². The number of nitrogens with zero attached hydrogens (tertiary/aromatic N) is 3. The van der Waals surface area contributed by atoms with E-state index in [0.29, 0.717) is 30.9 Å². The van der Waals surface area contributed by atoms with Gasteiger partial charge < -0.3 is 14.6 Å². The van der Waals surface area contributed by atoms with Crippen molar-refractivity contribution in [2.45, 2.75) is 38.3 Å². The van der Waals surface area contributed by atoms with Gasteiger partial charge in [-0.2, -0.15) is 5.10 Å². The fourth-order valence-electron chi connectivity index (χ4n) is 4.46. The van der Waals surface area contributed by atoms with E-state index in [1.165, 1.54) is 5.56 Å². The fraction of sp³-hybridized carbons (Fsp3) is 0.360. The zero-order chi connectivity index (χ0) is 22.1. The number of hydrogen-bond donors (Lipinski definition) is 1. The Kier molecular flexibility index (Phi) is 5.68. The average molecular weight is 434 g/mol. The van der Waals surface area contributed by atoms with Gasteiger partial charge in [-0.1, -0.05) is 19.1 Å². The number of carbonyl (C=O) groups excluding carboxylic acids is 1. The van der Waals surface area contributed by atoms with Gasteiger partial charge in [-0.15, -0.1) is 0 Å². The van der Waals surface area contributed by atoms with E-state index in [4.69, 9.17) is 9.47 Å². The van der Waals surface area contributed by atoms with E-state index in [1.807, 2.05) is 41.2 Å². The summed E-state index contributed by atoms with van der Waals surface area (Å²) in [5, 5.41) is 14.6.